The summed E-state index contributed by atoms with van der Waals surface area (Å²) in [6.45, 7) is -1.20. The van der Waals surface area contributed by atoms with Gasteiger partial charge in [0.15, 0.2) is 0 Å². The van der Waals surface area contributed by atoms with Crippen LogP contribution in [0, 0.1) is 0 Å². The van der Waals surface area contributed by atoms with Crippen molar-refractivity contribution in [2.75, 3.05) is 20.1 Å². The molecular formula is C9H13F3N4O. The van der Waals surface area contributed by atoms with E-state index in [0.717, 1.165) is 5.56 Å². The summed E-state index contributed by atoms with van der Waals surface area (Å²) < 4.78 is 35.4. The number of alkyl halides is 3. The highest BCUT2D eigenvalue weighted by Gasteiger charge is 2.26. The summed E-state index contributed by atoms with van der Waals surface area (Å²) in [6.07, 6.45) is -1.14. The molecule has 0 atom stereocenters. The van der Waals surface area contributed by atoms with E-state index in [1.165, 1.54) is 11.9 Å². The minimum absolute atomic E-state index is 0.309. The first-order valence-corrected chi connectivity index (χ1v) is 4.87. The Morgan fingerprint density at radius 2 is 2.29 bits per heavy atom. The number of hydrogen-bond donors (Lipinski definition) is 2. The number of hydrogen-bond acceptors (Lipinski definition) is 3. The van der Waals surface area contributed by atoms with Gasteiger partial charge >= 0.3 is 6.18 Å². The Morgan fingerprint density at radius 1 is 1.59 bits per heavy atom. The molecule has 17 heavy (non-hydrogen) atoms. The lowest BCUT2D eigenvalue weighted by Crippen LogP contribution is -2.38. The molecule has 0 aliphatic heterocycles. The molecule has 0 spiro atoms. The van der Waals surface area contributed by atoms with Crippen LogP contribution in [0.5, 0.6) is 0 Å². The van der Waals surface area contributed by atoms with Crippen LogP contribution >= 0.6 is 0 Å². The zero-order chi connectivity index (χ0) is 12.9. The van der Waals surface area contributed by atoms with Crippen molar-refractivity contribution in [3.8, 4) is 0 Å². The minimum Gasteiger partial charge on any atom is -0.340 e. The summed E-state index contributed by atoms with van der Waals surface area (Å²) >= 11 is 0. The number of amides is 1. The number of carbonyl (C=O) groups excluding carboxylic acids is 1. The van der Waals surface area contributed by atoms with E-state index in [0.29, 0.717) is 6.54 Å². The van der Waals surface area contributed by atoms with Crippen molar-refractivity contribution >= 4 is 5.91 Å². The summed E-state index contributed by atoms with van der Waals surface area (Å²) in [4.78, 5) is 12.7. The average molecular weight is 250 g/mol. The lowest BCUT2D eigenvalue weighted by Gasteiger charge is -2.16. The molecule has 1 aromatic rings. The lowest BCUT2D eigenvalue weighted by molar-refractivity contribution is -0.133. The molecule has 0 bridgehead atoms. The largest absolute Gasteiger partial charge is 0.401 e. The first-order chi connectivity index (χ1) is 7.88. The second-order valence-corrected chi connectivity index (χ2v) is 3.58. The summed E-state index contributed by atoms with van der Waals surface area (Å²) in [5.74, 6) is -0.407. The van der Waals surface area contributed by atoms with E-state index in [4.69, 9.17) is 0 Å². The Balaban J connectivity index is 2.28. The van der Waals surface area contributed by atoms with Crippen molar-refractivity contribution in [1.82, 2.24) is 20.4 Å². The zero-order valence-electron chi connectivity index (χ0n) is 9.21. The maximum Gasteiger partial charge on any atom is 0.401 e. The molecule has 0 aliphatic rings. The lowest BCUT2D eigenvalue weighted by atomic mass is 10.3. The Labute approximate surface area is 96.0 Å². The number of H-pyrrole nitrogens is 1. The number of aromatic nitrogens is 2. The highest BCUT2D eigenvalue weighted by molar-refractivity contribution is 5.77. The summed E-state index contributed by atoms with van der Waals surface area (Å²) in [7, 11) is 1.52. The molecule has 1 rings (SSSR count). The highest BCUT2D eigenvalue weighted by atomic mass is 19.4. The Morgan fingerprint density at radius 3 is 2.82 bits per heavy atom. The fraction of sp³-hybridized carbons (Fsp3) is 0.556. The number of rotatable bonds is 5. The van der Waals surface area contributed by atoms with Gasteiger partial charge in [0.05, 0.1) is 19.3 Å². The second kappa shape index (κ2) is 5.67. The molecule has 1 aromatic heterocycles. The molecule has 1 heterocycles. The van der Waals surface area contributed by atoms with Crippen LogP contribution in [-0.4, -0.2) is 47.3 Å². The van der Waals surface area contributed by atoms with Crippen LogP contribution in [0.3, 0.4) is 0 Å². The monoisotopic (exact) mass is 250 g/mol. The van der Waals surface area contributed by atoms with Gasteiger partial charge < -0.3 is 10.2 Å². The first kappa shape index (κ1) is 13.5. The second-order valence-electron chi connectivity index (χ2n) is 3.58. The Hall–Kier alpha value is -1.57. The number of halogens is 3. The van der Waals surface area contributed by atoms with Gasteiger partial charge in [0, 0.05) is 25.4 Å². The number of likely N-dealkylation sites (N-methyl/N-ethyl adjacent to an activating group) is 1. The number of carbonyl (C=O) groups is 1. The van der Waals surface area contributed by atoms with Crippen molar-refractivity contribution in [2.45, 2.75) is 12.7 Å². The topological polar surface area (TPSA) is 61.0 Å². The fourth-order valence-corrected chi connectivity index (χ4v) is 1.17. The smallest absolute Gasteiger partial charge is 0.340 e. The van der Waals surface area contributed by atoms with Crippen molar-refractivity contribution < 1.29 is 18.0 Å². The van der Waals surface area contributed by atoms with Crippen molar-refractivity contribution in [2.24, 2.45) is 0 Å². The maximum atomic E-state index is 11.8. The van der Waals surface area contributed by atoms with Gasteiger partial charge in [-0.1, -0.05) is 0 Å². The number of nitrogens with zero attached hydrogens (tertiary/aromatic N) is 2. The number of aromatic amines is 1. The minimum atomic E-state index is -4.30. The Kier molecular flexibility index (Phi) is 4.50. The molecule has 0 saturated carbocycles. The van der Waals surface area contributed by atoms with Crippen LogP contribution in [0.1, 0.15) is 5.56 Å². The predicted octanol–water partition coefficient (Wildman–Crippen LogP) is 0.520. The van der Waals surface area contributed by atoms with Crippen LogP contribution in [-0.2, 0) is 11.3 Å². The van der Waals surface area contributed by atoms with Gasteiger partial charge in [-0.3, -0.25) is 9.89 Å². The third kappa shape index (κ3) is 5.34. The molecule has 0 saturated heterocycles. The summed E-state index contributed by atoms with van der Waals surface area (Å²) in [5.41, 5.74) is 0.789. The van der Waals surface area contributed by atoms with Gasteiger partial charge in [0.2, 0.25) is 5.91 Å². The molecule has 5 nitrogen and oxygen atoms in total. The zero-order valence-corrected chi connectivity index (χ0v) is 9.21. The molecular weight excluding hydrogens is 237 g/mol. The van der Waals surface area contributed by atoms with Gasteiger partial charge in [-0.25, -0.2) is 0 Å². The molecule has 0 aliphatic carbocycles. The first-order valence-electron chi connectivity index (χ1n) is 4.87. The predicted molar refractivity (Wildman–Crippen MR) is 54.0 cm³/mol. The molecule has 0 fully saturated rings. The SMILES string of the molecule is CN(Cc1cn[nH]c1)C(=O)CNCC(F)(F)F. The summed E-state index contributed by atoms with van der Waals surface area (Å²) in [6, 6.07) is 0. The molecule has 0 radical (unpaired) electrons. The Bertz CT molecular complexity index is 350. The molecule has 1 amide bonds. The van der Waals surface area contributed by atoms with Crippen molar-refractivity contribution in [1.29, 1.82) is 0 Å². The fourth-order valence-electron chi connectivity index (χ4n) is 1.17. The number of nitrogens with one attached hydrogen (secondary N) is 2. The van der Waals surface area contributed by atoms with Crippen molar-refractivity contribution in [3.05, 3.63) is 18.0 Å². The van der Waals surface area contributed by atoms with E-state index in [1.54, 1.807) is 12.4 Å². The van der Waals surface area contributed by atoms with Crippen LogP contribution < -0.4 is 5.32 Å². The van der Waals surface area contributed by atoms with Crippen LogP contribution in [0.4, 0.5) is 13.2 Å². The van der Waals surface area contributed by atoms with E-state index in [2.05, 4.69) is 10.2 Å². The van der Waals surface area contributed by atoms with Gasteiger partial charge in [0.25, 0.3) is 0 Å². The average Bonchev–Trinajstić information content (AvgIpc) is 2.68. The molecule has 0 unspecified atom stereocenters. The van der Waals surface area contributed by atoms with E-state index in [9.17, 15) is 18.0 Å². The van der Waals surface area contributed by atoms with Gasteiger partial charge in [0.1, 0.15) is 0 Å². The van der Waals surface area contributed by atoms with Gasteiger partial charge in [-0.15, -0.1) is 0 Å². The van der Waals surface area contributed by atoms with E-state index < -0.39 is 18.6 Å². The van der Waals surface area contributed by atoms with Crippen LogP contribution in [0.2, 0.25) is 0 Å². The third-order valence-corrected chi connectivity index (χ3v) is 2.00. The third-order valence-electron chi connectivity index (χ3n) is 2.00. The van der Waals surface area contributed by atoms with Crippen LogP contribution in [0.15, 0.2) is 12.4 Å². The maximum absolute atomic E-state index is 11.8. The standard InChI is InChI=1S/C9H13F3N4O/c1-16(5-7-2-14-15-3-7)8(17)4-13-6-9(10,11)12/h2-3,13H,4-6H2,1H3,(H,14,15). The molecule has 2 N–H and O–H groups in total. The van der Waals surface area contributed by atoms with E-state index in [1.807, 2.05) is 5.32 Å². The quantitative estimate of drug-likeness (QED) is 0.801. The van der Waals surface area contributed by atoms with E-state index >= 15 is 0 Å². The summed E-state index contributed by atoms with van der Waals surface area (Å²) in [5, 5.41) is 8.33. The van der Waals surface area contributed by atoms with Crippen LogP contribution in [0.25, 0.3) is 0 Å². The molecule has 96 valence electrons. The highest BCUT2D eigenvalue weighted by Crippen LogP contribution is 2.11. The van der Waals surface area contributed by atoms with Gasteiger partial charge in [-0.2, -0.15) is 18.3 Å². The van der Waals surface area contributed by atoms with Crippen molar-refractivity contribution in [3.63, 3.8) is 0 Å². The molecule has 8 heteroatoms. The normalized spacial score (nSPS) is 11.5. The van der Waals surface area contributed by atoms with Gasteiger partial charge in [-0.05, 0) is 0 Å². The van der Waals surface area contributed by atoms with E-state index in [-0.39, 0.29) is 6.54 Å². The molecule has 0 aromatic carbocycles.